The number of benzene rings is 1. The Morgan fingerprint density at radius 2 is 2.04 bits per heavy atom. The van der Waals surface area contributed by atoms with Crippen molar-refractivity contribution < 1.29 is 4.79 Å². The van der Waals surface area contributed by atoms with E-state index in [1.807, 2.05) is 29.7 Å². The first-order chi connectivity index (χ1) is 12.2. The second-order valence-corrected chi connectivity index (χ2v) is 7.14. The molecule has 0 aliphatic carbocycles. The van der Waals surface area contributed by atoms with Gasteiger partial charge in [0.25, 0.3) is 0 Å². The first kappa shape index (κ1) is 19.6. The van der Waals surface area contributed by atoms with Gasteiger partial charge in [-0.2, -0.15) is 11.8 Å². The van der Waals surface area contributed by atoms with Crippen molar-refractivity contribution in [1.82, 2.24) is 15.5 Å². The van der Waals surface area contributed by atoms with Gasteiger partial charge in [0, 0.05) is 26.2 Å². The average Bonchev–Trinajstić information content (AvgIpc) is 2.65. The maximum Gasteiger partial charge on any atom is 0.244 e. The van der Waals surface area contributed by atoms with E-state index in [0.29, 0.717) is 6.54 Å². The van der Waals surface area contributed by atoms with Gasteiger partial charge in [0.05, 0.1) is 0 Å². The number of fused-ring (bicyclic) bond motifs is 1. The quantitative estimate of drug-likeness (QED) is 0.423. The van der Waals surface area contributed by atoms with Crippen molar-refractivity contribution in [3.05, 3.63) is 35.4 Å². The highest BCUT2D eigenvalue weighted by molar-refractivity contribution is 7.98. The number of hydrogen-bond acceptors (Lipinski definition) is 3. The van der Waals surface area contributed by atoms with Gasteiger partial charge in [0.1, 0.15) is 6.54 Å². The van der Waals surface area contributed by atoms with Gasteiger partial charge in [0.2, 0.25) is 5.91 Å². The van der Waals surface area contributed by atoms with Crippen LogP contribution in [0.25, 0.3) is 0 Å². The molecule has 6 heteroatoms. The molecule has 2 N–H and O–H groups in total. The van der Waals surface area contributed by atoms with Crippen molar-refractivity contribution in [1.29, 1.82) is 0 Å². The number of hydrogen-bond donors (Lipinski definition) is 2. The summed E-state index contributed by atoms with van der Waals surface area (Å²) in [6.45, 7) is 5.39. The molecule has 0 bridgehead atoms. The zero-order valence-electron chi connectivity index (χ0n) is 15.4. The predicted molar refractivity (Wildman–Crippen MR) is 107 cm³/mol. The Morgan fingerprint density at radius 1 is 1.24 bits per heavy atom. The number of nitrogens with zero attached hydrogens (tertiary/aromatic N) is 2. The highest BCUT2D eigenvalue weighted by Gasteiger charge is 2.19. The molecule has 0 saturated carbocycles. The van der Waals surface area contributed by atoms with Crippen molar-refractivity contribution in [3.8, 4) is 0 Å². The molecular formula is C19H30N4OS. The predicted octanol–water partition coefficient (Wildman–Crippen LogP) is 2.27. The highest BCUT2D eigenvalue weighted by Crippen LogP contribution is 2.18. The molecule has 0 radical (unpaired) electrons. The topological polar surface area (TPSA) is 56.7 Å². The third-order valence-electron chi connectivity index (χ3n) is 4.27. The molecular weight excluding hydrogens is 332 g/mol. The molecule has 1 aromatic rings. The van der Waals surface area contributed by atoms with E-state index >= 15 is 0 Å². The van der Waals surface area contributed by atoms with Crippen LogP contribution in [0.1, 0.15) is 30.9 Å². The lowest BCUT2D eigenvalue weighted by atomic mass is 10.00. The van der Waals surface area contributed by atoms with E-state index in [9.17, 15) is 4.79 Å². The van der Waals surface area contributed by atoms with Crippen molar-refractivity contribution >= 4 is 23.6 Å². The summed E-state index contributed by atoms with van der Waals surface area (Å²) in [6.07, 6.45) is 5.37. The molecule has 5 nitrogen and oxygen atoms in total. The molecule has 1 aliphatic heterocycles. The fraction of sp³-hybridized carbons (Fsp3) is 0.579. The second kappa shape index (κ2) is 11.0. The Balaban J connectivity index is 1.82. The van der Waals surface area contributed by atoms with E-state index in [4.69, 9.17) is 0 Å². The number of guanidine groups is 1. The van der Waals surface area contributed by atoms with Gasteiger partial charge in [-0.1, -0.05) is 24.3 Å². The molecule has 1 heterocycles. The van der Waals surface area contributed by atoms with E-state index in [0.717, 1.165) is 38.4 Å². The Kier molecular flexibility index (Phi) is 8.66. The Bertz CT molecular complexity index is 576. The summed E-state index contributed by atoms with van der Waals surface area (Å²) in [6, 6.07) is 8.36. The van der Waals surface area contributed by atoms with Gasteiger partial charge in [-0.05, 0) is 49.3 Å². The van der Waals surface area contributed by atoms with E-state index in [1.54, 1.807) is 0 Å². The van der Waals surface area contributed by atoms with Crippen molar-refractivity contribution in [3.63, 3.8) is 0 Å². The Hall–Kier alpha value is -1.69. The summed E-state index contributed by atoms with van der Waals surface area (Å²) in [5.74, 6) is 2.01. The van der Waals surface area contributed by atoms with Crippen LogP contribution in [0.15, 0.2) is 29.3 Å². The third kappa shape index (κ3) is 6.61. The summed E-state index contributed by atoms with van der Waals surface area (Å²) in [7, 11) is 0. The normalized spacial score (nSPS) is 14.2. The zero-order valence-corrected chi connectivity index (χ0v) is 16.2. The minimum atomic E-state index is 0.0917. The maximum atomic E-state index is 12.5. The number of nitrogens with one attached hydrogen (secondary N) is 2. The lowest BCUT2D eigenvalue weighted by Crippen LogP contribution is -2.40. The number of aliphatic imine (C=N–C) groups is 1. The maximum absolute atomic E-state index is 12.5. The van der Waals surface area contributed by atoms with Crippen LogP contribution >= 0.6 is 11.8 Å². The number of rotatable bonds is 8. The molecule has 1 aromatic carbocycles. The van der Waals surface area contributed by atoms with Gasteiger partial charge in [-0.25, -0.2) is 4.99 Å². The first-order valence-electron chi connectivity index (χ1n) is 9.10. The lowest BCUT2D eigenvalue weighted by molar-refractivity contribution is -0.130. The number of amides is 1. The van der Waals surface area contributed by atoms with Crippen molar-refractivity contribution in [2.75, 3.05) is 38.2 Å². The van der Waals surface area contributed by atoms with Crippen LogP contribution in [-0.2, 0) is 17.8 Å². The van der Waals surface area contributed by atoms with Crippen LogP contribution in [0.4, 0.5) is 0 Å². The summed E-state index contributed by atoms with van der Waals surface area (Å²) < 4.78 is 0. The molecule has 25 heavy (non-hydrogen) atoms. The first-order valence-corrected chi connectivity index (χ1v) is 10.5. The molecule has 0 unspecified atom stereocenters. The highest BCUT2D eigenvalue weighted by atomic mass is 32.2. The molecule has 1 aliphatic rings. The fourth-order valence-electron chi connectivity index (χ4n) is 2.88. The van der Waals surface area contributed by atoms with Gasteiger partial charge in [-0.15, -0.1) is 0 Å². The van der Waals surface area contributed by atoms with E-state index in [2.05, 4.69) is 40.1 Å². The summed E-state index contributed by atoms with van der Waals surface area (Å²) >= 11 is 1.87. The smallest absolute Gasteiger partial charge is 0.244 e. The second-order valence-electron chi connectivity index (χ2n) is 6.16. The van der Waals surface area contributed by atoms with Gasteiger partial charge < -0.3 is 15.5 Å². The molecule has 0 spiro atoms. The van der Waals surface area contributed by atoms with Crippen LogP contribution in [-0.4, -0.2) is 55.0 Å². The average molecular weight is 363 g/mol. The largest absolute Gasteiger partial charge is 0.357 e. The van der Waals surface area contributed by atoms with Gasteiger partial charge >= 0.3 is 0 Å². The third-order valence-corrected chi connectivity index (χ3v) is 4.96. The fourth-order valence-corrected chi connectivity index (χ4v) is 3.37. The van der Waals surface area contributed by atoms with Crippen molar-refractivity contribution in [2.45, 2.75) is 32.7 Å². The minimum Gasteiger partial charge on any atom is -0.357 e. The van der Waals surface area contributed by atoms with Crippen LogP contribution in [0.5, 0.6) is 0 Å². The Morgan fingerprint density at radius 3 is 2.80 bits per heavy atom. The molecule has 2 rings (SSSR count). The summed E-state index contributed by atoms with van der Waals surface area (Å²) in [4.78, 5) is 18.9. The van der Waals surface area contributed by atoms with Crippen LogP contribution in [0, 0.1) is 0 Å². The summed E-state index contributed by atoms with van der Waals surface area (Å²) in [5.41, 5.74) is 2.61. The van der Waals surface area contributed by atoms with E-state index < -0.39 is 0 Å². The standard InChI is InChI=1S/C19H30N4OS/c1-3-20-19(21-11-6-7-13-25-2)22-14-18(24)23-12-10-16-8-4-5-9-17(16)15-23/h4-5,8-9H,3,6-7,10-15H2,1-2H3,(H2,20,21,22). The van der Waals surface area contributed by atoms with Crippen LogP contribution in [0.2, 0.25) is 0 Å². The zero-order chi connectivity index (χ0) is 17.9. The van der Waals surface area contributed by atoms with Gasteiger partial charge in [-0.3, -0.25) is 4.79 Å². The van der Waals surface area contributed by atoms with Crippen molar-refractivity contribution in [2.24, 2.45) is 4.99 Å². The minimum absolute atomic E-state index is 0.0917. The Labute approximate surface area is 155 Å². The molecule has 0 saturated heterocycles. The lowest BCUT2D eigenvalue weighted by Gasteiger charge is -2.28. The van der Waals surface area contributed by atoms with E-state index in [1.165, 1.54) is 23.3 Å². The number of carbonyl (C=O) groups excluding carboxylic acids is 1. The monoisotopic (exact) mass is 362 g/mol. The van der Waals surface area contributed by atoms with Crippen LogP contribution in [0.3, 0.4) is 0 Å². The molecule has 0 atom stereocenters. The molecule has 0 aromatic heterocycles. The van der Waals surface area contributed by atoms with E-state index in [-0.39, 0.29) is 12.5 Å². The number of unbranched alkanes of at least 4 members (excludes halogenated alkanes) is 1. The van der Waals surface area contributed by atoms with Crippen LogP contribution < -0.4 is 10.6 Å². The van der Waals surface area contributed by atoms with Gasteiger partial charge in [0.15, 0.2) is 5.96 Å². The number of thioether (sulfide) groups is 1. The summed E-state index contributed by atoms with van der Waals surface area (Å²) in [5, 5.41) is 6.52. The number of carbonyl (C=O) groups is 1. The molecule has 1 amide bonds. The molecule has 138 valence electrons. The molecule has 0 fully saturated rings. The SMILES string of the molecule is CCNC(=NCC(=O)N1CCc2ccccc2C1)NCCCCSC.